The molecule has 114 valence electrons. The predicted molar refractivity (Wildman–Crippen MR) is 59.1 cm³/mol. The molecule has 1 atom stereocenters. The van der Waals surface area contributed by atoms with Crippen LogP contribution in [0.1, 0.15) is 30.0 Å². The van der Waals surface area contributed by atoms with Crippen molar-refractivity contribution in [1.29, 1.82) is 0 Å². The Kier molecular flexibility index (Phi) is 5.06. The topological polar surface area (TPSA) is 97.5 Å². The van der Waals surface area contributed by atoms with Gasteiger partial charge in [-0.3, -0.25) is 0 Å². The van der Waals surface area contributed by atoms with E-state index < -0.39 is 36.2 Å². The van der Waals surface area contributed by atoms with E-state index in [1.54, 1.807) is 13.8 Å². The van der Waals surface area contributed by atoms with Gasteiger partial charge in [0, 0.05) is 0 Å². The minimum atomic E-state index is -4.93. The van der Waals surface area contributed by atoms with Crippen molar-refractivity contribution in [3.05, 3.63) is 11.4 Å². The second-order valence-electron chi connectivity index (χ2n) is 4.31. The van der Waals surface area contributed by atoms with E-state index in [2.05, 4.69) is 10.3 Å². The number of hydrogen-bond acceptors (Lipinski definition) is 5. The highest BCUT2D eigenvalue weighted by Gasteiger charge is 2.41. The summed E-state index contributed by atoms with van der Waals surface area (Å²) in [6.45, 7) is 2.64. The van der Waals surface area contributed by atoms with Gasteiger partial charge in [-0.25, -0.2) is 9.48 Å². The molecule has 0 fully saturated rings. The summed E-state index contributed by atoms with van der Waals surface area (Å²) in [6, 6.07) is 0. The maximum Gasteiger partial charge on any atom is 0.435 e. The summed E-state index contributed by atoms with van der Waals surface area (Å²) in [4.78, 5) is 10.7. The highest BCUT2D eigenvalue weighted by atomic mass is 19.4. The number of aliphatic hydroxyl groups is 1. The summed E-state index contributed by atoms with van der Waals surface area (Å²) >= 11 is 0. The smallest absolute Gasteiger partial charge is 0.435 e. The van der Waals surface area contributed by atoms with Gasteiger partial charge in [-0.15, -0.1) is 5.10 Å². The molecule has 0 bridgehead atoms. The Labute approximate surface area is 112 Å². The van der Waals surface area contributed by atoms with Gasteiger partial charge in [-0.05, 0) is 13.8 Å². The lowest BCUT2D eigenvalue weighted by molar-refractivity contribution is -0.145. The standard InChI is InChI=1S/C10H14F3N3O4/c1-5(2)20-4-6(17)3-16-8(10(11,12)13)7(9(18)19)14-15-16/h5-6,17H,3-4H2,1-2H3,(H,18,19). The van der Waals surface area contributed by atoms with Crippen molar-refractivity contribution in [3.8, 4) is 0 Å². The molecule has 1 aromatic rings. The van der Waals surface area contributed by atoms with Gasteiger partial charge in [0.05, 0.1) is 25.4 Å². The first kappa shape index (κ1) is 16.4. The Morgan fingerprint density at radius 2 is 2.05 bits per heavy atom. The highest BCUT2D eigenvalue weighted by Crippen LogP contribution is 2.31. The van der Waals surface area contributed by atoms with Crippen LogP contribution in [0.25, 0.3) is 0 Å². The largest absolute Gasteiger partial charge is 0.476 e. The monoisotopic (exact) mass is 297 g/mol. The van der Waals surface area contributed by atoms with Crippen molar-refractivity contribution < 1.29 is 32.9 Å². The predicted octanol–water partition coefficient (Wildman–Crippen LogP) is 0.781. The van der Waals surface area contributed by atoms with Gasteiger partial charge in [0.1, 0.15) is 0 Å². The number of alkyl halides is 3. The first-order valence-corrected chi connectivity index (χ1v) is 5.66. The average molecular weight is 297 g/mol. The van der Waals surface area contributed by atoms with Gasteiger partial charge < -0.3 is 14.9 Å². The highest BCUT2D eigenvalue weighted by molar-refractivity contribution is 5.86. The number of aromatic carboxylic acids is 1. The summed E-state index contributed by atoms with van der Waals surface area (Å²) in [6.07, 6.45) is -6.39. The van der Waals surface area contributed by atoms with Crippen LogP contribution in [-0.4, -0.2) is 50.0 Å². The molecule has 10 heteroatoms. The molecule has 0 aliphatic heterocycles. The van der Waals surface area contributed by atoms with Crippen molar-refractivity contribution in [3.63, 3.8) is 0 Å². The molecule has 1 unspecified atom stereocenters. The number of nitrogens with zero attached hydrogens (tertiary/aromatic N) is 3. The lowest BCUT2D eigenvalue weighted by Gasteiger charge is -2.15. The van der Waals surface area contributed by atoms with E-state index in [9.17, 15) is 23.1 Å². The number of carboxylic acids is 1. The molecule has 7 nitrogen and oxygen atoms in total. The van der Waals surface area contributed by atoms with E-state index in [-0.39, 0.29) is 12.7 Å². The first-order chi connectivity index (χ1) is 9.12. The van der Waals surface area contributed by atoms with Gasteiger partial charge in [0.2, 0.25) is 5.69 Å². The Bertz CT molecular complexity index is 473. The Morgan fingerprint density at radius 3 is 2.50 bits per heavy atom. The number of carbonyl (C=O) groups is 1. The van der Waals surface area contributed by atoms with Crippen molar-refractivity contribution in [2.45, 2.75) is 38.8 Å². The maximum absolute atomic E-state index is 12.8. The van der Waals surface area contributed by atoms with Crippen LogP contribution in [0.4, 0.5) is 13.2 Å². The number of aromatic nitrogens is 3. The van der Waals surface area contributed by atoms with Gasteiger partial charge in [0.15, 0.2) is 5.69 Å². The third-order valence-electron chi connectivity index (χ3n) is 2.21. The number of hydrogen-bond donors (Lipinski definition) is 2. The van der Waals surface area contributed by atoms with Crippen LogP contribution >= 0.6 is 0 Å². The molecule has 0 saturated carbocycles. The molecule has 20 heavy (non-hydrogen) atoms. The Balaban J connectivity index is 2.93. The number of carboxylic acid groups (broad SMARTS) is 1. The fourth-order valence-electron chi connectivity index (χ4n) is 1.42. The maximum atomic E-state index is 12.8. The molecule has 0 amide bonds. The van der Waals surface area contributed by atoms with Crippen molar-refractivity contribution in [1.82, 2.24) is 15.0 Å². The molecule has 1 heterocycles. The van der Waals surface area contributed by atoms with Crippen LogP contribution in [0, 0.1) is 0 Å². The number of rotatable bonds is 6. The molecule has 1 rings (SSSR count). The molecule has 0 aliphatic carbocycles. The zero-order valence-corrected chi connectivity index (χ0v) is 10.8. The van der Waals surface area contributed by atoms with Crippen molar-refractivity contribution >= 4 is 5.97 Å². The third kappa shape index (κ3) is 4.17. The SMILES string of the molecule is CC(C)OCC(O)Cn1nnc(C(=O)O)c1C(F)(F)F. The van der Waals surface area contributed by atoms with E-state index >= 15 is 0 Å². The Morgan fingerprint density at radius 1 is 1.45 bits per heavy atom. The fourth-order valence-corrected chi connectivity index (χ4v) is 1.42. The molecular weight excluding hydrogens is 283 g/mol. The number of aliphatic hydroxyl groups excluding tert-OH is 1. The number of halogens is 3. The summed E-state index contributed by atoms with van der Waals surface area (Å²) in [5.41, 5.74) is -2.71. The van der Waals surface area contributed by atoms with Gasteiger partial charge >= 0.3 is 12.1 Å². The van der Waals surface area contributed by atoms with E-state index in [4.69, 9.17) is 9.84 Å². The van der Waals surface area contributed by atoms with Gasteiger partial charge in [0.25, 0.3) is 0 Å². The van der Waals surface area contributed by atoms with E-state index in [0.29, 0.717) is 4.68 Å². The minimum Gasteiger partial charge on any atom is -0.476 e. The summed E-state index contributed by atoms with van der Waals surface area (Å²) < 4.78 is 43.7. The average Bonchev–Trinajstić information content (AvgIpc) is 2.69. The van der Waals surface area contributed by atoms with Crippen LogP contribution in [-0.2, 0) is 17.5 Å². The fraction of sp³-hybridized carbons (Fsp3) is 0.700. The summed E-state index contributed by atoms with van der Waals surface area (Å²) in [5, 5.41) is 24.3. The molecule has 0 aromatic carbocycles. The lowest BCUT2D eigenvalue weighted by Crippen LogP contribution is -2.27. The zero-order chi connectivity index (χ0) is 15.5. The minimum absolute atomic E-state index is 0.197. The third-order valence-corrected chi connectivity index (χ3v) is 2.21. The van der Waals surface area contributed by atoms with Gasteiger partial charge in [-0.2, -0.15) is 13.2 Å². The van der Waals surface area contributed by atoms with E-state index in [1.165, 1.54) is 0 Å². The van der Waals surface area contributed by atoms with Crippen LogP contribution in [0.15, 0.2) is 0 Å². The Hall–Kier alpha value is -1.68. The lowest BCUT2D eigenvalue weighted by atomic mass is 10.3. The van der Waals surface area contributed by atoms with Crippen LogP contribution in [0.2, 0.25) is 0 Å². The molecule has 0 radical (unpaired) electrons. The van der Waals surface area contributed by atoms with Crippen molar-refractivity contribution in [2.75, 3.05) is 6.61 Å². The molecule has 0 saturated heterocycles. The molecule has 0 spiro atoms. The zero-order valence-electron chi connectivity index (χ0n) is 10.8. The summed E-state index contributed by atoms with van der Waals surface area (Å²) in [7, 11) is 0. The van der Waals surface area contributed by atoms with E-state index in [1.807, 2.05) is 0 Å². The first-order valence-electron chi connectivity index (χ1n) is 5.66. The molecular formula is C10H14F3N3O4. The van der Waals surface area contributed by atoms with Crippen LogP contribution in [0.3, 0.4) is 0 Å². The van der Waals surface area contributed by atoms with Crippen molar-refractivity contribution in [2.24, 2.45) is 0 Å². The number of ether oxygens (including phenoxy) is 1. The normalized spacial score (nSPS) is 13.8. The second kappa shape index (κ2) is 6.18. The van der Waals surface area contributed by atoms with E-state index in [0.717, 1.165) is 0 Å². The molecule has 0 aliphatic rings. The molecule has 1 aromatic heterocycles. The van der Waals surface area contributed by atoms with Gasteiger partial charge in [-0.1, -0.05) is 5.21 Å². The second-order valence-corrected chi connectivity index (χ2v) is 4.31. The van der Waals surface area contributed by atoms with Crippen LogP contribution in [0.5, 0.6) is 0 Å². The summed E-state index contributed by atoms with van der Waals surface area (Å²) in [5.74, 6) is -1.84. The molecule has 2 N–H and O–H groups in total. The quantitative estimate of drug-likeness (QED) is 0.805. The van der Waals surface area contributed by atoms with Crippen LogP contribution < -0.4 is 0 Å².